The van der Waals surface area contributed by atoms with Gasteiger partial charge in [0.2, 0.25) is 0 Å². The maximum Gasteiger partial charge on any atom is 0.134 e. The SMILES string of the molecule is Cc1[c-]c(-c2ccccn2)cc(C)c1.Cc1[c-]c(-c2nc3ccccc3c3c2oc2ccccc23)cc(C)c1.[Ir]. The Kier molecular flexibility index (Phi) is 7.93. The normalized spacial score (nSPS) is 10.8. The van der Waals surface area contributed by atoms with Crippen molar-refractivity contribution in [3.05, 3.63) is 132 Å². The van der Waals surface area contributed by atoms with E-state index in [1.54, 1.807) is 6.20 Å². The van der Waals surface area contributed by atoms with Crippen molar-refractivity contribution >= 4 is 32.8 Å². The van der Waals surface area contributed by atoms with E-state index in [1.165, 1.54) is 11.1 Å². The molecule has 0 spiro atoms. The number of aryl methyl sites for hydroxylation is 4. The summed E-state index contributed by atoms with van der Waals surface area (Å²) in [6.07, 6.45) is 1.81. The van der Waals surface area contributed by atoms with E-state index in [0.29, 0.717) is 0 Å². The summed E-state index contributed by atoms with van der Waals surface area (Å²) in [5.74, 6) is 0. The molecule has 0 aliphatic carbocycles. The number of pyridine rings is 2. The van der Waals surface area contributed by atoms with Crippen LogP contribution in [0.4, 0.5) is 0 Å². The van der Waals surface area contributed by atoms with Gasteiger partial charge in [0.1, 0.15) is 11.2 Å². The minimum atomic E-state index is 0. The van der Waals surface area contributed by atoms with E-state index in [-0.39, 0.29) is 20.1 Å². The van der Waals surface area contributed by atoms with Crippen LogP contribution >= 0.6 is 0 Å². The van der Waals surface area contributed by atoms with Gasteiger partial charge in [-0.1, -0.05) is 76.2 Å². The summed E-state index contributed by atoms with van der Waals surface area (Å²) in [5, 5.41) is 3.38. The molecule has 0 aliphatic rings. The van der Waals surface area contributed by atoms with Gasteiger partial charge in [-0.15, -0.1) is 69.8 Å². The van der Waals surface area contributed by atoms with Crippen LogP contribution < -0.4 is 0 Å². The fraction of sp³-hybridized carbons (Fsp3) is 0.111. The molecule has 0 saturated carbocycles. The molecule has 1 radical (unpaired) electrons. The van der Waals surface area contributed by atoms with Crippen LogP contribution in [0.3, 0.4) is 0 Å². The molecule has 7 rings (SSSR count). The van der Waals surface area contributed by atoms with Gasteiger partial charge in [-0.3, -0.25) is 4.98 Å². The van der Waals surface area contributed by atoms with E-state index < -0.39 is 0 Å². The fourth-order valence-electron chi connectivity index (χ4n) is 5.19. The molecule has 0 bridgehead atoms. The molecule has 0 amide bonds. The Morgan fingerprint density at radius 2 is 1.27 bits per heavy atom. The molecule has 0 unspecified atom stereocenters. The first-order chi connectivity index (χ1) is 19.0. The average Bonchev–Trinajstić information content (AvgIpc) is 3.32. The third kappa shape index (κ3) is 5.47. The van der Waals surface area contributed by atoms with Gasteiger partial charge in [-0.25, -0.2) is 0 Å². The van der Waals surface area contributed by atoms with Gasteiger partial charge in [0.15, 0.2) is 0 Å². The molecule has 40 heavy (non-hydrogen) atoms. The van der Waals surface area contributed by atoms with E-state index in [2.05, 4.69) is 93.3 Å². The molecule has 0 fully saturated rings. The van der Waals surface area contributed by atoms with Crippen molar-refractivity contribution in [1.29, 1.82) is 0 Å². The first-order valence-corrected chi connectivity index (χ1v) is 13.1. The summed E-state index contributed by atoms with van der Waals surface area (Å²) < 4.78 is 6.24. The minimum absolute atomic E-state index is 0. The third-order valence-corrected chi connectivity index (χ3v) is 6.71. The van der Waals surface area contributed by atoms with Crippen LogP contribution in [0, 0.1) is 39.8 Å². The van der Waals surface area contributed by atoms with Crippen molar-refractivity contribution in [3.63, 3.8) is 0 Å². The van der Waals surface area contributed by atoms with Gasteiger partial charge in [-0.2, -0.15) is 0 Å². The van der Waals surface area contributed by atoms with E-state index in [4.69, 9.17) is 9.40 Å². The van der Waals surface area contributed by atoms with Crippen LogP contribution in [0.1, 0.15) is 22.3 Å². The van der Waals surface area contributed by atoms with E-state index >= 15 is 0 Å². The molecule has 0 atom stereocenters. The topological polar surface area (TPSA) is 38.9 Å². The Morgan fingerprint density at radius 1 is 0.650 bits per heavy atom. The van der Waals surface area contributed by atoms with E-state index in [1.807, 2.05) is 42.5 Å². The molecule has 4 heteroatoms. The quantitative estimate of drug-likeness (QED) is 0.169. The van der Waals surface area contributed by atoms with Crippen LogP contribution in [0.15, 0.2) is 102 Å². The number of fused-ring (bicyclic) bond motifs is 5. The Bertz CT molecular complexity index is 1920. The number of aromatic nitrogens is 2. The minimum Gasteiger partial charge on any atom is -0.464 e. The summed E-state index contributed by atoms with van der Waals surface area (Å²) in [5.41, 5.74) is 11.3. The first kappa shape index (κ1) is 27.5. The third-order valence-electron chi connectivity index (χ3n) is 6.71. The molecule has 0 N–H and O–H groups in total. The fourth-order valence-corrected chi connectivity index (χ4v) is 5.19. The molecule has 199 valence electrons. The number of para-hydroxylation sites is 2. The molecule has 0 saturated heterocycles. The number of nitrogens with zero attached hydrogens (tertiary/aromatic N) is 2. The summed E-state index contributed by atoms with van der Waals surface area (Å²) >= 11 is 0. The molecule has 3 aromatic heterocycles. The number of rotatable bonds is 2. The second-order valence-corrected chi connectivity index (χ2v) is 10.0. The second kappa shape index (κ2) is 11.6. The number of benzene rings is 4. The van der Waals surface area contributed by atoms with Crippen LogP contribution in [0.25, 0.3) is 55.4 Å². The van der Waals surface area contributed by atoms with Crippen molar-refractivity contribution in [3.8, 4) is 22.5 Å². The summed E-state index contributed by atoms with van der Waals surface area (Å²) in [6.45, 7) is 8.31. The molecule has 3 heterocycles. The van der Waals surface area contributed by atoms with Gasteiger partial charge in [0.25, 0.3) is 0 Å². The summed E-state index contributed by atoms with van der Waals surface area (Å²) in [6, 6.07) is 37.6. The van der Waals surface area contributed by atoms with Crippen molar-refractivity contribution in [2.24, 2.45) is 0 Å². The Hall–Kier alpha value is -4.11. The van der Waals surface area contributed by atoms with Crippen LogP contribution in [0.5, 0.6) is 0 Å². The van der Waals surface area contributed by atoms with Gasteiger partial charge < -0.3 is 9.40 Å². The molecule has 3 nitrogen and oxygen atoms in total. The average molecular weight is 697 g/mol. The summed E-state index contributed by atoms with van der Waals surface area (Å²) in [7, 11) is 0. The molecule has 7 aromatic rings. The molecule has 4 aromatic carbocycles. The molecule has 0 aliphatic heterocycles. The molecular formula is C36H28IrN2O-2. The largest absolute Gasteiger partial charge is 0.464 e. The van der Waals surface area contributed by atoms with Gasteiger partial charge in [0.05, 0.1) is 5.52 Å². The maximum absolute atomic E-state index is 6.24. The second-order valence-electron chi connectivity index (χ2n) is 10.0. The van der Waals surface area contributed by atoms with Crippen molar-refractivity contribution in [1.82, 2.24) is 9.97 Å². The Labute approximate surface area is 248 Å². The zero-order valence-electron chi connectivity index (χ0n) is 22.9. The number of hydrogen-bond acceptors (Lipinski definition) is 3. The predicted octanol–water partition coefficient (Wildman–Crippen LogP) is 9.38. The van der Waals surface area contributed by atoms with Crippen LogP contribution in [-0.2, 0) is 20.1 Å². The van der Waals surface area contributed by atoms with Crippen molar-refractivity contribution in [2.45, 2.75) is 27.7 Å². The van der Waals surface area contributed by atoms with Crippen molar-refractivity contribution in [2.75, 3.05) is 0 Å². The number of hydrogen-bond donors (Lipinski definition) is 0. The Morgan fingerprint density at radius 3 is 1.98 bits per heavy atom. The standard InChI is InChI=1S/C23H16NO.C13H12N.Ir/c1-14-11-15(2)13-16(12-14)22-23-21(17-7-3-5-9-19(17)24-22)18-8-4-6-10-20(18)25-23;1-10-7-11(2)9-12(8-10)13-5-3-4-6-14-13;/h3-12H,1-2H3;3-8H,1-2H3;/q2*-1;. The first-order valence-electron chi connectivity index (χ1n) is 13.1. The van der Waals surface area contributed by atoms with Crippen LogP contribution in [0.2, 0.25) is 0 Å². The van der Waals surface area contributed by atoms with Gasteiger partial charge in [-0.05, 0) is 23.9 Å². The molecular weight excluding hydrogens is 669 g/mol. The zero-order chi connectivity index (χ0) is 26.9. The smallest absolute Gasteiger partial charge is 0.134 e. The predicted molar refractivity (Wildman–Crippen MR) is 161 cm³/mol. The zero-order valence-corrected chi connectivity index (χ0v) is 25.3. The number of furan rings is 1. The monoisotopic (exact) mass is 697 g/mol. The summed E-state index contributed by atoms with van der Waals surface area (Å²) in [4.78, 5) is 9.23. The van der Waals surface area contributed by atoms with Gasteiger partial charge in [0, 0.05) is 48.2 Å². The maximum atomic E-state index is 6.24. The van der Waals surface area contributed by atoms with Crippen LogP contribution in [-0.4, -0.2) is 9.97 Å². The van der Waals surface area contributed by atoms with Gasteiger partial charge >= 0.3 is 0 Å². The van der Waals surface area contributed by atoms with E-state index in [0.717, 1.165) is 66.5 Å². The Balaban J connectivity index is 0.000000184. The van der Waals surface area contributed by atoms with E-state index in [9.17, 15) is 0 Å². The van der Waals surface area contributed by atoms with Crippen molar-refractivity contribution < 1.29 is 24.5 Å².